The highest BCUT2D eigenvalue weighted by molar-refractivity contribution is 5.84. The number of primary amides is 1. The number of halogens is 1. The number of hydrogen-bond acceptors (Lipinski definition) is 5. The molecule has 2 unspecified atom stereocenters. The molecule has 2 N–H and O–H groups in total. The molecule has 1 amide bonds. The average Bonchev–Trinajstić information content (AvgIpc) is 2.81. The smallest absolute Gasteiger partial charge is 0.404 e. The Hall–Kier alpha value is -3.06. The maximum Gasteiger partial charge on any atom is 0.404 e. The number of aryl methyl sites for hydroxylation is 1. The van der Waals surface area contributed by atoms with E-state index in [1.807, 2.05) is 24.4 Å². The lowest BCUT2D eigenvalue weighted by molar-refractivity contribution is 0.0290. The van der Waals surface area contributed by atoms with Crippen molar-refractivity contribution >= 4 is 16.9 Å². The van der Waals surface area contributed by atoms with Crippen molar-refractivity contribution in [1.82, 2.24) is 14.9 Å². The molecule has 0 aliphatic heterocycles. The largest absolute Gasteiger partial charge is 0.450 e. The SMILES string of the molecule is CC(C)(C)C(CCCOC(N)=O)N(Cc1nccc2cc(F)ccc12)C1CCCc2cccnc21. The molecule has 3 aromatic rings. The second kappa shape index (κ2) is 10.7. The molecule has 35 heavy (non-hydrogen) atoms. The topological polar surface area (TPSA) is 81.3 Å². The molecule has 0 radical (unpaired) electrons. The number of carbonyl (C=O) groups is 1. The van der Waals surface area contributed by atoms with Crippen molar-refractivity contribution in [3.8, 4) is 0 Å². The first-order chi connectivity index (χ1) is 16.7. The van der Waals surface area contributed by atoms with Crippen LogP contribution in [0.15, 0.2) is 48.8 Å². The molecule has 186 valence electrons. The molecule has 1 aromatic carbocycles. The van der Waals surface area contributed by atoms with Crippen LogP contribution in [0, 0.1) is 11.2 Å². The van der Waals surface area contributed by atoms with Gasteiger partial charge in [0.15, 0.2) is 0 Å². The van der Waals surface area contributed by atoms with Crippen LogP contribution in [-0.4, -0.2) is 33.6 Å². The summed E-state index contributed by atoms with van der Waals surface area (Å²) in [7, 11) is 0. The van der Waals surface area contributed by atoms with Gasteiger partial charge in [0.05, 0.1) is 24.0 Å². The Morgan fingerprint density at radius 3 is 2.83 bits per heavy atom. The second-order valence-corrected chi connectivity index (χ2v) is 10.4. The Bertz CT molecular complexity index is 1180. The Kier molecular flexibility index (Phi) is 7.65. The standard InChI is InChI=1S/C28H35FN4O2/c1-28(2,3)25(10-6-16-35-27(30)34)33(24-9-4-7-19-8-5-14-32-26(19)24)18-23-22-12-11-21(29)17-20(22)13-15-31-23/h5,8,11-15,17,24-25H,4,6-7,9-10,16,18H2,1-3H3,(H2,30,34). The van der Waals surface area contributed by atoms with Crippen molar-refractivity contribution in [2.24, 2.45) is 11.1 Å². The number of hydrogen-bond donors (Lipinski definition) is 1. The normalized spacial score (nSPS) is 16.8. The van der Waals surface area contributed by atoms with Gasteiger partial charge in [-0.25, -0.2) is 9.18 Å². The van der Waals surface area contributed by atoms with Crippen molar-refractivity contribution in [1.29, 1.82) is 0 Å². The Labute approximate surface area is 206 Å². The van der Waals surface area contributed by atoms with Gasteiger partial charge in [-0.15, -0.1) is 0 Å². The first-order valence-corrected chi connectivity index (χ1v) is 12.4. The summed E-state index contributed by atoms with van der Waals surface area (Å²) in [6.07, 6.45) is 7.56. The molecule has 0 saturated carbocycles. The average molecular weight is 479 g/mol. The summed E-state index contributed by atoms with van der Waals surface area (Å²) in [5.74, 6) is -0.251. The highest BCUT2D eigenvalue weighted by Gasteiger charge is 2.37. The van der Waals surface area contributed by atoms with Gasteiger partial charge in [-0.2, -0.15) is 0 Å². The van der Waals surface area contributed by atoms with Crippen LogP contribution in [0.4, 0.5) is 9.18 Å². The summed E-state index contributed by atoms with van der Waals surface area (Å²) in [5, 5.41) is 1.81. The van der Waals surface area contributed by atoms with Crippen molar-refractivity contribution in [3.05, 3.63) is 71.6 Å². The molecule has 0 saturated heterocycles. The Morgan fingerprint density at radius 1 is 1.23 bits per heavy atom. The van der Waals surface area contributed by atoms with Crippen LogP contribution >= 0.6 is 0 Å². The molecule has 4 rings (SSSR count). The van der Waals surface area contributed by atoms with Crippen LogP contribution < -0.4 is 5.73 Å². The minimum absolute atomic E-state index is 0.0597. The minimum Gasteiger partial charge on any atom is -0.450 e. The van der Waals surface area contributed by atoms with Crippen LogP contribution in [-0.2, 0) is 17.7 Å². The van der Waals surface area contributed by atoms with Gasteiger partial charge in [-0.05, 0) is 78.8 Å². The molecule has 2 heterocycles. The first-order valence-electron chi connectivity index (χ1n) is 12.4. The summed E-state index contributed by atoms with van der Waals surface area (Å²) >= 11 is 0. The number of ether oxygens (including phenoxy) is 1. The number of nitrogens with two attached hydrogens (primary N) is 1. The summed E-state index contributed by atoms with van der Waals surface area (Å²) in [6, 6.07) is 11.2. The fraction of sp³-hybridized carbons (Fsp3) is 0.464. The van der Waals surface area contributed by atoms with E-state index in [1.165, 1.54) is 11.6 Å². The number of pyridine rings is 2. The molecule has 0 bridgehead atoms. The highest BCUT2D eigenvalue weighted by atomic mass is 19.1. The molecule has 2 aromatic heterocycles. The Balaban J connectivity index is 1.74. The maximum atomic E-state index is 13.9. The molecule has 1 aliphatic rings. The zero-order valence-electron chi connectivity index (χ0n) is 20.8. The van der Waals surface area contributed by atoms with E-state index in [0.29, 0.717) is 19.6 Å². The van der Waals surface area contributed by atoms with E-state index in [2.05, 4.69) is 31.7 Å². The van der Waals surface area contributed by atoms with Crippen LogP contribution in [0.5, 0.6) is 0 Å². The van der Waals surface area contributed by atoms with E-state index in [0.717, 1.165) is 47.8 Å². The number of nitrogens with zero attached hydrogens (tertiary/aromatic N) is 3. The van der Waals surface area contributed by atoms with Gasteiger partial charge in [0.2, 0.25) is 0 Å². The number of benzene rings is 1. The van der Waals surface area contributed by atoms with Gasteiger partial charge in [0.1, 0.15) is 5.82 Å². The zero-order valence-corrected chi connectivity index (χ0v) is 20.8. The van der Waals surface area contributed by atoms with Crippen molar-refractivity contribution in [2.75, 3.05) is 6.61 Å². The maximum absolute atomic E-state index is 13.9. The first kappa shape index (κ1) is 25.0. The number of amides is 1. The predicted molar refractivity (Wildman–Crippen MR) is 135 cm³/mol. The zero-order chi connectivity index (χ0) is 25.0. The van der Waals surface area contributed by atoms with Crippen molar-refractivity contribution in [2.45, 2.75) is 71.5 Å². The molecule has 0 spiro atoms. The fourth-order valence-electron chi connectivity index (χ4n) is 5.40. The van der Waals surface area contributed by atoms with Crippen molar-refractivity contribution in [3.63, 3.8) is 0 Å². The summed E-state index contributed by atoms with van der Waals surface area (Å²) in [5.41, 5.74) is 8.47. The molecular formula is C28H35FN4O2. The monoisotopic (exact) mass is 478 g/mol. The van der Waals surface area contributed by atoms with Crippen molar-refractivity contribution < 1.29 is 13.9 Å². The second-order valence-electron chi connectivity index (χ2n) is 10.4. The summed E-state index contributed by atoms with van der Waals surface area (Å²) in [4.78, 5) is 23.2. The van der Waals surface area contributed by atoms with E-state index in [-0.39, 0.29) is 23.3 Å². The lowest BCUT2D eigenvalue weighted by atomic mass is 9.80. The van der Waals surface area contributed by atoms with Gasteiger partial charge >= 0.3 is 6.09 Å². The molecular weight excluding hydrogens is 443 g/mol. The third-order valence-electron chi connectivity index (χ3n) is 6.97. The number of carbonyl (C=O) groups excluding carboxylic acids is 1. The van der Waals surface area contributed by atoms with E-state index in [1.54, 1.807) is 12.3 Å². The number of fused-ring (bicyclic) bond motifs is 2. The quantitative estimate of drug-likeness (QED) is 0.405. The van der Waals surface area contributed by atoms with Crippen LogP contribution in [0.1, 0.15) is 69.4 Å². The van der Waals surface area contributed by atoms with Gasteiger partial charge in [-0.3, -0.25) is 14.9 Å². The van der Waals surface area contributed by atoms with Crippen LogP contribution in [0.2, 0.25) is 0 Å². The minimum atomic E-state index is -0.744. The van der Waals surface area contributed by atoms with Gasteiger partial charge in [0.25, 0.3) is 0 Å². The van der Waals surface area contributed by atoms with Crippen LogP contribution in [0.25, 0.3) is 10.8 Å². The third-order valence-corrected chi connectivity index (χ3v) is 6.97. The van der Waals surface area contributed by atoms with E-state index in [9.17, 15) is 9.18 Å². The van der Waals surface area contributed by atoms with Crippen LogP contribution in [0.3, 0.4) is 0 Å². The third kappa shape index (κ3) is 5.96. The lowest BCUT2D eigenvalue weighted by Crippen LogP contribution is -2.47. The number of rotatable bonds is 8. The number of aromatic nitrogens is 2. The molecule has 0 fully saturated rings. The summed E-state index contributed by atoms with van der Waals surface area (Å²) < 4.78 is 19.0. The fourth-order valence-corrected chi connectivity index (χ4v) is 5.40. The predicted octanol–water partition coefficient (Wildman–Crippen LogP) is 5.94. The van der Waals surface area contributed by atoms with Gasteiger partial charge < -0.3 is 10.5 Å². The van der Waals surface area contributed by atoms with E-state index in [4.69, 9.17) is 20.4 Å². The molecule has 2 atom stereocenters. The highest BCUT2D eigenvalue weighted by Crippen LogP contribution is 2.40. The van der Waals surface area contributed by atoms with Gasteiger partial charge in [-0.1, -0.05) is 26.8 Å². The molecule has 7 heteroatoms. The van der Waals surface area contributed by atoms with E-state index < -0.39 is 6.09 Å². The molecule has 6 nitrogen and oxygen atoms in total. The Morgan fingerprint density at radius 2 is 2.06 bits per heavy atom. The summed E-state index contributed by atoms with van der Waals surface area (Å²) in [6.45, 7) is 7.64. The van der Waals surface area contributed by atoms with E-state index >= 15 is 0 Å². The molecule has 1 aliphatic carbocycles. The lowest BCUT2D eigenvalue weighted by Gasteiger charge is -2.46. The van der Waals surface area contributed by atoms with Gasteiger partial charge in [0, 0.05) is 30.4 Å².